The fourth-order valence-corrected chi connectivity index (χ4v) is 1.84. The molecule has 0 aliphatic carbocycles. The van der Waals surface area contributed by atoms with Crippen LogP contribution in [0.1, 0.15) is 0 Å². The van der Waals surface area contributed by atoms with E-state index in [1.165, 1.54) is 29.8 Å². The average molecular weight is 246 g/mol. The molecule has 0 aromatic carbocycles. The fourth-order valence-electron chi connectivity index (χ4n) is 1.31. The maximum Gasteiger partial charge on any atom is 0.259 e. The van der Waals surface area contributed by atoms with Crippen molar-refractivity contribution in [2.45, 2.75) is 0 Å². The van der Waals surface area contributed by atoms with Gasteiger partial charge in [0.15, 0.2) is 0 Å². The molecule has 0 aliphatic rings. The molecule has 0 saturated carbocycles. The van der Waals surface area contributed by atoms with Crippen molar-refractivity contribution in [1.82, 2.24) is 20.1 Å². The molecular formula is C10H6N4O2S. The highest BCUT2D eigenvalue weighted by Gasteiger charge is 2.12. The number of hydrogen-bond donors (Lipinski definition) is 1. The van der Waals surface area contributed by atoms with Crippen LogP contribution in [0.25, 0.3) is 23.0 Å². The monoisotopic (exact) mass is 246 g/mol. The Bertz CT molecular complexity index is 635. The molecule has 3 aromatic heterocycles. The third-order valence-electron chi connectivity index (χ3n) is 2.06. The molecule has 3 rings (SSSR count). The normalized spacial score (nSPS) is 10.6. The highest BCUT2D eigenvalue weighted by atomic mass is 32.1. The summed E-state index contributed by atoms with van der Waals surface area (Å²) < 4.78 is 5.08. The molecule has 0 bridgehead atoms. The van der Waals surface area contributed by atoms with E-state index < -0.39 is 0 Å². The summed E-state index contributed by atoms with van der Waals surface area (Å²) in [6, 6.07) is 1.51. The van der Waals surface area contributed by atoms with E-state index in [0.717, 1.165) is 0 Å². The number of aromatic nitrogens is 4. The second kappa shape index (κ2) is 3.95. The minimum atomic E-state index is 0.0518. The first kappa shape index (κ1) is 9.91. The van der Waals surface area contributed by atoms with Gasteiger partial charge in [0.1, 0.15) is 11.4 Å². The van der Waals surface area contributed by atoms with Crippen LogP contribution in [-0.4, -0.2) is 25.2 Å². The van der Waals surface area contributed by atoms with E-state index in [-0.39, 0.29) is 5.75 Å². The third kappa shape index (κ3) is 1.87. The number of rotatable bonds is 2. The summed E-state index contributed by atoms with van der Waals surface area (Å²) in [4.78, 5) is 12.1. The van der Waals surface area contributed by atoms with Crippen LogP contribution in [0.5, 0.6) is 5.75 Å². The van der Waals surface area contributed by atoms with Crippen LogP contribution in [0.15, 0.2) is 33.9 Å². The second-order valence-corrected chi connectivity index (χ2v) is 3.95. The Kier molecular flexibility index (Phi) is 2.30. The predicted octanol–water partition coefficient (Wildman–Crippen LogP) is 1.96. The van der Waals surface area contributed by atoms with Crippen LogP contribution in [0.3, 0.4) is 0 Å². The minimum Gasteiger partial charge on any atom is -0.506 e. The molecule has 0 unspecified atom stereocenters. The molecule has 0 aliphatic heterocycles. The topological polar surface area (TPSA) is 84.9 Å². The molecule has 3 heterocycles. The summed E-state index contributed by atoms with van der Waals surface area (Å²) >= 11 is 1.46. The molecule has 17 heavy (non-hydrogen) atoms. The summed E-state index contributed by atoms with van der Waals surface area (Å²) in [5.74, 6) is 0.775. The van der Waals surface area contributed by atoms with Crippen LogP contribution < -0.4 is 0 Å². The summed E-state index contributed by atoms with van der Waals surface area (Å²) in [6.45, 7) is 0. The van der Waals surface area contributed by atoms with Gasteiger partial charge in [-0.3, -0.25) is 4.98 Å². The Labute approximate surface area is 99.6 Å². The van der Waals surface area contributed by atoms with Crippen LogP contribution >= 0.6 is 11.3 Å². The molecular weight excluding hydrogens is 240 g/mol. The lowest BCUT2D eigenvalue weighted by Crippen LogP contribution is -1.81. The fraction of sp³-hybridized carbons (Fsp3) is 0. The highest BCUT2D eigenvalue weighted by Crippen LogP contribution is 2.23. The molecule has 0 radical (unpaired) electrons. The zero-order valence-corrected chi connectivity index (χ0v) is 9.26. The molecule has 0 fully saturated rings. The standard InChI is InChI=1S/C10H6N4O2S/c15-7-1-6(2-11-3-7)10-13-9(14-16-10)8-4-17-5-12-8/h1-5,15H. The van der Waals surface area contributed by atoms with Crippen molar-refractivity contribution in [2.24, 2.45) is 0 Å². The number of thiazole rings is 1. The average Bonchev–Trinajstić information content (AvgIpc) is 3.00. The third-order valence-corrected chi connectivity index (χ3v) is 2.64. The van der Waals surface area contributed by atoms with Crippen molar-refractivity contribution in [2.75, 3.05) is 0 Å². The Morgan fingerprint density at radius 3 is 3.00 bits per heavy atom. The van der Waals surface area contributed by atoms with Gasteiger partial charge >= 0.3 is 0 Å². The molecule has 1 N–H and O–H groups in total. The first-order valence-electron chi connectivity index (χ1n) is 4.69. The molecule has 0 atom stereocenters. The largest absolute Gasteiger partial charge is 0.506 e. The summed E-state index contributed by atoms with van der Waals surface area (Å²) in [5, 5.41) is 14.9. The molecule has 0 spiro atoms. The van der Waals surface area contributed by atoms with E-state index in [0.29, 0.717) is 23.0 Å². The quantitative estimate of drug-likeness (QED) is 0.744. The van der Waals surface area contributed by atoms with Gasteiger partial charge in [0.2, 0.25) is 5.82 Å². The molecule has 3 aromatic rings. The van der Waals surface area contributed by atoms with Crippen molar-refractivity contribution >= 4 is 11.3 Å². The smallest absolute Gasteiger partial charge is 0.259 e. The van der Waals surface area contributed by atoms with Gasteiger partial charge in [0, 0.05) is 11.6 Å². The number of hydrogen-bond acceptors (Lipinski definition) is 7. The van der Waals surface area contributed by atoms with Crippen LogP contribution in [0.4, 0.5) is 0 Å². The SMILES string of the molecule is Oc1cncc(-c2nc(-c3cscn3)no2)c1. The number of nitrogens with zero attached hydrogens (tertiary/aromatic N) is 4. The Hall–Kier alpha value is -2.28. The second-order valence-electron chi connectivity index (χ2n) is 3.23. The lowest BCUT2D eigenvalue weighted by Gasteiger charge is -1.93. The van der Waals surface area contributed by atoms with Gasteiger partial charge in [-0.25, -0.2) is 4.98 Å². The summed E-state index contributed by atoms with van der Waals surface area (Å²) in [7, 11) is 0. The van der Waals surface area contributed by atoms with Crippen LogP contribution in [0.2, 0.25) is 0 Å². The summed E-state index contributed by atoms with van der Waals surface area (Å²) in [5.41, 5.74) is 2.93. The first-order chi connectivity index (χ1) is 8.33. The molecule has 0 saturated heterocycles. The van der Waals surface area contributed by atoms with E-state index in [1.807, 2.05) is 5.38 Å². The molecule has 84 valence electrons. The van der Waals surface area contributed by atoms with Crippen molar-refractivity contribution in [3.8, 4) is 28.7 Å². The Balaban J connectivity index is 2.01. The van der Waals surface area contributed by atoms with Gasteiger partial charge in [-0.05, 0) is 6.07 Å². The van der Waals surface area contributed by atoms with Gasteiger partial charge in [-0.1, -0.05) is 5.16 Å². The van der Waals surface area contributed by atoms with Crippen molar-refractivity contribution in [1.29, 1.82) is 0 Å². The Morgan fingerprint density at radius 2 is 2.24 bits per heavy atom. The predicted molar refractivity (Wildman–Crippen MR) is 60.3 cm³/mol. The maximum atomic E-state index is 9.30. The van der Waals surface area contributed by atoms with E-state index in [2.05, 4.69) is 20.1 Å². The first-order valence-corrected chi connectivity index (χ1v) is 5.64. The van der Waals surface area contributed by atoms with Gasteiger partial charge in [-0.15, -0.1) is 11.3 Å². The van der Waals surface area contributed by atoms with Crippen LogP contribution in [-0.2, 0) is 0 Å². The van der Waals surface area contributed by atoms with E-state index >= 15 is 0 Å². The van der Waals surface area contributed by atoms with Crippen molar-refractivity contribution < 1.29 is 9.63 Å². The molecule has 0 amide bonds. The zero-order valence-electron chi connectivity index (χ0n) is 8.44. The molecule has 7 heteroatoms. The summed E-state index contributed by atoms with van der Waals surface area (Å²) in [6.07, 6.45) is 2.87. The van der Waals surface area contributed by atoms with E-state index in [4.69, 9.17) is 4.52 Å². The van der Waals surface area contributed by atoms with Crippen molar-refractivity contribution in [3.05, 3.63) is 29.4 Å². The van der Waals surface area contributed by atoms with Gasteiger partial charge in [0.05, 0.1) is 17.3 Å². The van der Waals surface area contributed by atoms with Gasteiger partial charge in [-0.2, -0.15) is 4.98 Å². The van der Waals surface area contributed by atoms with Crippen molar-refractivity contribution in [3.63, 3.8) is 0 Å². The highest BCUT2D eigenvalue weighted by molar-refractivity contribution is 7.07. The van der Waals surface area contributed by atoms with E-state index in [9.17, 15) is 5.11 Å². The van der Waals surface area contributed by atoms with Crippen LogP contribution in [0, 0.1) is 0 Å². The number of pyridine rings is 1. The number of aromatic hydroxyl groups is 1. The lowest BCUT2D eigenvalue weighted by atomic mass is 10.3. The lowest BCUT2D eigenvalue weighted by molar-refractivity contribution is 0.431. The Morgan fingerprint density at radius 1 is 1.29 bits per heavy atom. The van der Waals surface area contributed by atoms with E-state index in [1.54, 1.807) is 5.51 Å². The maximum absolute atomic E-state index is 9.30. The van der Waals surface area contributed by atoms with Gasteiger partial charge < -0.3 is 9.63 Å². The zero-order chi connectivity index (χ0) is 11.7. The minimum absolute atomic E-state index is 0.0518. The molecule has 6 nitrogen and oxygen atoms in total. The van der Waals surface area contributed by atoms with Gasteiger partial charge in [0.25, 0.3) is 5.89 Å².